The SMILES string of the molecule is O=C1CC[C@H]2OCCC=CC[C@H]2O1. The average Bonchev–Trinajstić information content (AvgIpc) is 2.08. The van der Waals surface area contributed by atoms with Gasteiger partial charge in [0, 0.05) is 12.8 Å². The Labute approximate surface area is 77.7 Å². The molecule has 3 nitrogen and oxygen atoms in total. The molecule has 1 saturated heterocycles. The topological polar surface area (TPSA) is 35.5 Å². The fourth-order valence-corrected chi connectivity index (χ4v) is 1.78. The third-order valence-corrected chi connectivity index (χ3v) is 2.48. The fourth-order valence-electron chi connectivity index (χ4n) is 1.78. The van der Waals surface area contributed by atoms with E-state index in [4.69, 9.17) is 9.47 Å². The molecule has 3 heteroatoms. The second kappa shape index (κ2) is 3.92. The summed E-state index contributed by atoms with van der Waals surface area (Å²) in [7, 11) is 0. The van der Waals surface area contributed by atoms with Crippen molar-refractivity contribution in [2.24, 2.45) is 0 Å². The van der Waals surface area contributed by atoms with Crippen molar-refractivity contribution in [1.82, 2.24) is 0 Å². The molecule has 0 aromatic rings. The molecule has 2 aliphatic heterocycles. The molecule has 2 aliphatic rings. The molecule has 0 aromatic heterocycles. The minimum absolute atomic E-state index is 0.0437. The van der Waals surface area contributed by atoms with E-state index in [-0.39, 0.29) is 18.2 Å². The van der Waals surface area contributed by atoms with Crippen LogP contribution in [0.2, 0.25) is 0 Å². The maximum Gasteiger partial charge on any atom is 0.306 e. The summed E-state index contributed by atoms with van der Waals surface area (Å²) in [6.45, 7) is 0.745. The molecule has 0 unspecified atom stereocenters. The zero-order valence-electron chi connectivity index (χ0n) is 7.57. The van der Waals surface area contributed by atoms with Crippen LogP contribution in [0.4, 0.5) is 0 Å². The molecule has 2 rings (SSSR count). The maximum atomic E-state index is 11.0. The Balaban J connectivity index is 2.02. The minimum Gasteiger partial charge on any atom is -0.459 e. The van der Waals surface area contributed by atoms with Crippen molar-refractivity contribution in [3.63, 3.8) is 0 Å². The largest absolute Gasteiger partial charge is 0.459 e. The summed E-state index contributed by atoms with van der Waals surface area (Å²) >= 11 is 0. The van der Waals surface area contributed by atoms with Crippen molar-refractivity contribution < 1.29 is 14.3 Å². The molecule has 0 aliphatic carbocycles. The summed E-state index contributed by atoms with van der Waals surface area (Å²) < 4.78 is 10.8. The lowest BCUT2D eigenvalue weighted by atomic mass is 10.0. The van der Waals surface area contributed by atoms with Crippen LogP contribution < -0.4 is 0 Å². The smallest absolute Gasteiger partial charge is 0.306 e. The molecular weight excluding hydrogens is 168 g/mol. The van der Waals surface area contributed by atoms with Crippen LogP contribution in [0.5, 0.6) is 0 Å². The summed E-state index contributed by atoms with van der Waals surface area (Å²) in [5.74, 6) is -0.0844. The highest BCUT2D eigenvalue weighted by molar-refractivity contribution is 5.70. The van der Waals surface area contributed by atoms with Crippen LogP contribution in [0.1, 0.15) is 25.7 Å². The van der Waals surface area contributed by atoms with Crippen molar-refractivity contribution in [3.05, 3.63) is 12.2 Å². The van der Waals surface area contributed by atoms with E-state index in [1.807, 2.05) is 0 Å². The standard InChI is InChI=1S/C10H14O3/c11-10-6-5-8-9(13-10)4-2-1-3-7-12-8/h1-2,8-9H,3-7H2/t8-,9-/m1/s1. The number of fused-ring (bicyclic) bond motifs is 1. The van der Waals surface area contributed by atoms with E-state index in [2.05, 4.69) is 12.2 Å². The van der Waals surface area contributed by atoms with Gasteiger partial charge in [0.15, 0.2) is 0 Å². The molecule has 13 heavy (non-hydrogen) atoms. The Morgan fingerprint density at radius 3 is 3.15 bits per heavy atom. The van der Waals surface area contributed by atoms with Crippen LogP contribution in [0.15, 0.2) is 12.2 Å². The minimum atomic E-state index is -0.0844. The van der Waals surface area contributed by atoms with Crippen LogP contribution in [-0.4, -0.2) is 24.8 Å². The maximum absolute atomic E-state index is 11.0. The molecule has 2 heterocycles. The number of hydrogen-bond acceptors (Lipinski definition) is 3. The predicted molar refractivity (Wildman–Crippen MR) is 47.2 cm³/mol. The molecule has 0 aromatic carbocycles. The second-order valence-electron chi connectivity index (χ2n) is 3.47. The number of rotatable bonds is 0. The summed E-state index contributed by atoms with van der Waals surface area (Å²) in [6, 6.07) is 0. The third kappa shape index (κ3) is 2.10. The van der Waals surface area contributed by atoms with E-state index in [0.29, 0.717) is 6.42 Å². The Kier molecular flexibility index (Phi) is 2.64. The van der Waals surface area contributed by atoms with Gasteiger partial charge in [-0.05, 0) is 12.8 Å². The van der Waals surface area contributed by atoms with Gasteiger partial charge in [-0.15, -0.1) is 0 Å². The molecule has 0 amide bonds. The molecule has 0 bridgehead atoms. The summed E-state index contributed by atoms with van der Waals surface area (Å²) in [5.41, 5.74) is 0. The Morgan fingerprint density at radius 1 is 1.31 bits per heavy atom. The number of carbonyl (C=O) groups excluding carboxylic acids is 1. The van der Waals surface area contributed by atoms with Gasteiger partial charge in [0.05, 0.1) is 12.7 Å². The second-order valence-corrected chi connectivity index (χ2v) is 3.47. The van der Waals surface area contributed by atoms with Gasteiger partial charge in [-0.25, -0.2) is 0 Å². The zero-order valence-corrected chi connectivity index (χ0v) is 7.57. The van der Waals surface area contributed by atoms with Crippen molar-refractivity contribution in [1.29, 1.82) is 0 Å². The first kappa shape index (κ1) is 8.75. The average molecular weight is 182 g/mol. The highest BCUT2D eigenvalue weighted by atomic mass is 16.6. The molecule has 72 valence electrons. The van der Waals surface area contributed by atoms with Crippen molar-refractivity contribution >= 4 is 5.97 Å². The zero-order chi connectivity index (χ0) is 9.10. The highest BCUT2D eigenvalue weighted by Crippen LogP contribution is 2.22. The van der Waals surface area contributed by atoms with E-state index in [1.165, 1.54) is 0 Å². The van der Waals surface area contributed by atoms with Crippen LogP contribution in [0.3, 0.4) is 0 Å². The van der Waals surface area contributed by atoms with E-state index in [0.717, 1.165) is 25.9 Å². The fraction of sp³-hybridized carbons (Fsp3) is 0.700. The number of carbonyl (C=O) groups is 1. The highest BCUT2D eigenvalue weighted by Gasteiger charge is 2.30. The van der Waals surface area contributed by atoms with E-state index >= 15 is 0 Å². The van der Waals surface area contributed by atoms with Crippen molar-refractivity contribution in [2.75, 3.05) is 6.61 Å². The molecular formula is C10H14O3. The quantitative estimate of drug-likeness (QED) is 0.420. The van der Waals surface area contributed by atoms with Gasteiger partial charge in [0.2, 0.25) is 0 Å². The van der Waals surface area contributed by atoms with Gasteiger partial charge in [0.25, 0.3) is 0 Å². The molecule has 1 fully saturated rings. The third-order valence-electron chi connectivity index (χ3n) is 2.48. The lowest BCUT2D eigenvalue weighted by Crippen LogP contribution is -2.38. The van der Waals surface area contributed by atoms with Crippen LogP contribution in [0.25, 0.3) is 0 Å². The normalized spacial score (nSPS) is 34.3. The molecule has 0 N–H and O–H groups in total. The van der Waals surface area contributed by atoms with Crippen molar-refractivity contribution in [3.8, 4) is 0 Å². The Morgan fingerprint density at radius 2 is 2.23 bits per heavy atom. The summed E-state index contributed by atoms with van der Waals surface area (Å²) in [6.07, 6.45) is 7.34. The number of esters is 1. The molecule has 2 atom stereocenters. The van der Waals surface area contributed by atoms with Gasteiger partial charge in [0.1, 0.15) is 6.10 Å². The first-order valence-electron chi connectivity index (χ1n) is 4.82. The summed E-state index contributed by atoms with van der Waals surface area (Å²) in [4.78, 5) is 11.0. The van der Waals surface area contributed by atoms with Crippen LogP contribution in [0, 0.1) is 0 Å². The molecule has 0 radical (unpaired) electrons. The van der Waals surface area contributed by atoms with Crippen LogP contribution in [-0.2, 0) is 14.3 Å². The van der Waals surface area contributed by atoms with Gasteiger partial charge in [-0.1, -0.05) is 12.2 Å². The van der Waals surface area contributed by atoms with Gasteiger partial charge in [-0.3, -0.25) is 4.79 Å². The Bertz CT molecular complexity index is 222. The van der Waals surface area contributed by atoms with E-state index in [1.54, 1.807) is 0 Å². The van der Waals surface area contributed by atoms with Gasteiger partial charge in [-0.2, -0.15) is 0 Å². The van der Waals surface area contributed by atoms with E-state index in [9.17, 15) is 4.79 Å². The number of hydrogen-bond donors (Lipinski definition) is 0. The first-order chi connectivity index (χ1) is 6.36. The van der Waals surface area contributed by atoms with Gasteiger partial charge < -0.3 is 9.47 Å². The monoisotopic (exact) mass is 182 g/mol. The first-order valence-corrected chi connectivity index (χ1v) is 4.82. The van der Waals surface area contributed by atoms with Crippen LogP contribution >= 0.6 is 0 Å². The Hall–Kier alpha value is -0.830. The number of ether oxygens (including phenoxy) is 2. The predicted octanol–water partition coefficient (Wildman–Crippen LogP) is 1.43. The lowest BCUT2D eigenvalue weighted by Gasteiger charge is -2.31. The molecule has 0 saturated carbocycles. The summed E-state index contributed by atoms with van der Waals surface area (Å²) in [5, 5.41) is 0. The lowest BCUT2D eigenvalue weighted by molar-refractivity contribution is -0.168. The molecule has 0 spiro atoms. The van der Waals surface area contributed by atoms with E-state index < -0.39 is 0 Å². The van der Waals surface area contributed by atoms with Gasteiger partial charge >= 0.3 is 5.97 Å². The van der Waals surface area contributed by atoms with Crippen molar-refractivity contribution in [2.45, 2.75) is 37.9 Å².